The second-order valence-electron chi connectivity index (χ2n) is 7.68. The van der Waals surface area contributed by atoms with Crippen LogP contribution in [0.15, 0.2) is 18.2 Å². The van der Waals surface area contributed by atoms with Crippen molar-refractivity contribution in [1.82, 2.24) is 10.2 Å². The maximum atomic E-state index is 14.0. The van der Waals surface area contributed by atoms with Crippen LogP contribution in [0.2, 0.25) is 0 Å². The first-order valence-corrected chi connectivity index (χ1v) is 9.26. The number of likely N-dealkylation sites (tertiary alicyclic amines) is 1. The van der Waals surface area contributed by atoms with Crippen LogP contribution in [0, 0.1) is 17.7 Å². The summed E-state index contributed by atoms with van der Waals surface area (Å²) in [5.74, 6) is -4.68. The Morgan fingerprint density at radius 1 is 1.32 bits per heavy atom. The second kappa shape index (κ2) is 6.10. The number of fused-ring (bicyclic) bond motifs is 4. The van der Waals surface area contributed by atoms with E-state index in [2.05, 4.69) is 10.6 Å². The van der Waals surface area contributed by atoms with Crippen LogP contribution in [-0.4, -0.2) is 40.6 Å². The standard InChI is InChI=1S/C19H21FN4O4/c1-3-8(2)24-16(26)14-12(7-13(21)25)23-19(15(14)17(24)27)10-6-9(20)4-5-11(10)22-18(19)28/h4-6,8,12,14-15,23H,3,7H2,1-2H3,(H2,21,25)(H,22,28)/t8-,12-,14+,15-,19+/m0/s1. The monoisotopic (exact) mass is 388 g/mol. The number of hydrogen-bond donors (Lipinski definition) is 3. The number of primary amides is 1. The van der Waals surface area contributed by atoms with Crippen LogP contribution in [0.4, 0.5) is 10.1 Å². The molecule has 4 amide bonds. The van der Waals surface area contributed by atoms with Gasteiger partial charge in [0.2, 0.25) is 23.6 Å². The number of carbonyl (C=O) groups excluding carboxylic acids is 4. The minimum Gasteiger partial charge on any atom is -0.370 e. The molecule has 1 aromatic rings. The van der Waals surface area contributed by atoms with Crippen LogP contribution in [0.25, 0.3) is 0 Å². The van der Waals surface area contributed by atoms with Gasteiger partial charge in [-0.05, 0) is 31.5 Å². The van der Waals surface area contributed by atoms with E-state index in [1.807, 2.05) is 6.92 Å². The van der Waals surface area contributed by atoms with Crippen molar-refractivity contribution >= 4 is 29.3 Å². The summed E-state index contributed by atoms with van der Waals surface area (Å²) in [7, 11) is 0. The van der Waals surface area contributed by atoms with Crippen LogP contribution in [0.3, 0.4) is 0 Å². The number of anilines is 1. The van der Waals surface area contributed by atoms with E-state index in [9.17, 15) is 23.6 Å². The average molecular weight is 388 g/mol. The van der Waals surface area contributed by atoms with Crippen LogP contribution in [0.1, 0.15) is 32.3 Å². The maximum absolute atomic E-state index is 14.0. The lowest BCUT2D eigenvalue weighted by Crippen LogP contribution is -2.54. The van der Waals surface area contributed by atoms with E-state index in [4.69, 9.17) is 5.73 Å². The number of rotatable bonds is 4. The number of nitrogens with two attached hydrogens (primary N) is 1. The summed E-state index contributed by atoms with van der Waals surface area (Å²) < 4.78 is 14.0. The lowest BCUT2D eigenvalue weighted by molar-refractivity contribution is -0.145. The number of amides is 4. The minimum absolute atomic E-state index is 0.214. The van der Waals surface area contributed by atoms with Crippen molar-refractivity contribution in [3.63, 3.8) is 0 Å². The molecule has 1 spiro atoms. The highest BCUT2D eigenvalue weighted by molar-refractivity contribution is 6.15. The Labute approximate surface area is 160 Å². The summed E-state index contributed by atoms with van der Waals surface area (Å²) in [6.45, 7) is 3.60. The van der Waals surface area contributed by atoms with Crippen molar-refractivity contribution in [3.05, 3.63) is 29.6 Å². The van der Waals surface area contributed by atoms with Gasteiger partial charge in [-0.2, -0.15) is 0 Å². The Hall–Kier alpha value is -2.81. The molecule has 9 heteroatoms. The Bertz CT molecular complexity index is 919. The number of nitrogens with zero attached hydrogens (tertiary/aromatic N) is 1. The quantitative estimate of drug-likeness (QED) is 0.637. The zero-order chi connectivity index (χ0) is 20.4. The van der Waals surface area contributed by atoms with Crippen molar-refractivity contribution in [1.29, 1.82) is 0 Å². The van der Waals surface area contributed by atoms with Crippen LogP contribution < -0.4 is 16.4 Å². The summed E-state index contributed by atoms with van der Waals surface area (Å²) >= 11 is 0. The SMILES string of the molecule is CC[C@H](C)N1C(=O)[C@@H]2[C@H](CC(N)=O)N[C@@]3(C(=O)Nc4ccc(F)cc43)[C@@H]2C1=O. The molecule has 0 radical (unpaired) electrons. The number of imide groups is 1. The van der Waals surface area contributed by atoms with Gasteiger partial charge in [0.05, 0.1) is 11.8 Å². The molecule has 4 rings (SSSR count). The highest BCUT2D eigenvalue weighted by Gasteiger charge is 2.70. The maximum Gasteiger partial charge on any atom is 0.250 e. The molecule has 1 aromatic carbocycles. The topological polar surface area (TPSA) is 122 Å². The molecule has 8 nitrogen and oxygen atoms in total. The third-order valence-electron chi connectivity index (χ3n) is 6.16. The average Bonchev–Trinajstić information content (AvgIpc) is 3.20. The van der Waals surface area contributed by atoms with Crippen LogP contribution >= 0.6 is 0 Å². The third-order valence-corrected chi connectivity index (χ3v) is 6.16. The van der Waals surface area contributed by atoms with E-state index < -0.39 is 52.9 Å². The fourth-order valence-corrected chi connectivity index (χ4v) is 4.80. The number of hydrogen-bond acceptors (Lipinski definition) is 5. The highest BCUT2D eigenvalue weighted by Crippen LogP contribution is 2.53. The molecule has 2 fully saturated rings. The van der Waals surface area contributed by atoms with Gasteiger partial charge in [-0.3, -0.25) is 29.4 Å². The number of nitrogens with one attached hydrogen (secondary N) is 2. The molecule has 3 heterocycles. The predicted molar refractivity (Wildman–Crippen MR) is 96.0 cm³/mol. The van der Waals surface area contributed by atoms with Gasteiger partial charge in [-0.15, -0.1) is 0 Å². The first kappa shape index (κ1) is 18.5. The third kappa shape index (κ3) is 2.25. The fourth-order valence-electron chi connectivity index (χ4n) is 4.80. The summed E-state index contributed by atoms with van der Waals surface area (Å²) in [5.41, 5.74) is 4.38. The molecular weight excluding hydrogens is 367 g/mol. The number of carbonyl (C=O) groups is 4. The molecule has 148 valence electrons. The van der Waals surface area contributed by atoms with E-state index in [0.29, 0.717) is 12.1 Å². The smallest absolute Gasteiger partial charge is 0.250 e. The van der Waals surface area contributed by atoms with Crippen molar-refractivity contribution in [2.24, 2.45) is 17.6 Å². The summed E-state index contributed by atoms with van der Waals surface area (Å²) in [6.07, 6.45) is 0.337. The van der Waals surface area contributed by atoms with E-state index in [-0.39, 0.29) is 18.0 Å². The lowest BCUT2D eigenvalue weighted by atomic mass is 9.76. The molecule has 28 heavy (non-hydrogen) atoms. The molecule has 2 saturated heterocycles. The molecule has 0 aliphatic carbocycles. The van der Waals surface area contributed by atoms with Gasteiger partial charge in [-0.25, -0.2) is 4.39 Å². The number of benzene rings is 1. The zero-order valence-corrected chi connectivity index (χ0v) is 15.5. The normalized spacial score (nSPS) is 31.9. The Morgan fingerprint density at radius 2 is 2.04 bits per heavy atom. The molecule has 4 N–H and O–H groups in total. The van der Waals surface area contributed by atoms with E-state index in [1.54, 1.807) is 6.92 Å². The van der Waals surface area contributed by atoms with Crippen LogP contribution in [-0.2, 0) is 24.7 Å². The molecule has 0 bridgehead atoms. The molecule has 0 aromatic heterocycles. The van der Waals surface area contributed by atoms with Gasteiger partial charge < -0.3 is 11.1 Å². The minimum atomic E-state index is -1.61. The van der Waals surface area contributed by atoms with Gasteiger partial charge in [-0.1, -0.05) is 6.92 Å². The van der Waals surface area contributed by atoms with Crippen molar-refractivity contribution in [3.8, 4) is 0 Å². The highest BCUT2D eigenvalue weighted by atomic mass is 19.1. The Kier molecular flexibility index (Phi) is 4.04. The Morgan fingerprint density at radius 3 is 2.68 bits per heavy atom. The second-order valence-corrected chi connectivity index (χ2v) is 7.68. The number of halogens is 1. The summed E-state index contributed by atoms with van der Waals surface area (Å²) in [6, 6.07) is 2.66. The molecular formula is C19H21FN4O4. The molecule has 0 saturated carbocycles. The van der Waals surface area contributed by atoms with E-state index >= 15 is 0 Å². The molecule has 3 aliphatic rings. The van der Waals surface area contributed by atoms with Gasteiger partial charge in [0.1, 0.15) is 11.4 Å². The molecule has 3 aliphatic heterocycles. The molecule has 0 unspecified atom stereocenters. The first-order valence-electron chi connectivity index (χ1n) is 9.26. The molecule has 5 atom stereocenters. The van der Waals surface area contributed by atoms with Gasteiger partial charge in [0.15, 0.2) is 0 Å². The fraction of sp³-hybridized carbons (Fsp3) is 0.474. The van der Waals surface area contributed by atoms with Gasteiger partial charge in [0.25, 0.3) is 0 Å². The van der Waals surface area contributed by atoms with Crippen molar-refractivity contribution in [2.75, 3.05) is 5.32 Å². The van der Waals surface area contributed by atoms with Crippen LogP contribution in [0.5, 0.6) is 0 Å². The summed E-state index contributed by atoms with van der Waals surface area (Å²) in [4.78, 5) is 52.2. The predicted octanol–water partition coefficient (Wildman–Crippen LogP) is 0.220. The lowest BCUT2D eigenvalue weighted by Gasteiger charge is -2.31. The largest absolute Gasteiger partial charge is 0.370 e. The van der Waals surface area contributed by atoms with E-state index in [1.165, 1.54) is 23.1 Å². The first-order chi connectivity index (χ1) is 13.2. The van der Waals surface area contributed by atoms with Crippen molar-refractivity contribution < 1.29 is 23.6 Å². The van der Waals surface area contributed by atoms with Gasteiger partial charge >= 0.3 is 0 Å². The Balaban J connectivity index is 1.90. The van der Waals surface area contributed by atoms with Gasteiger partial charge in [0, 0.05) is 29.8 Å². The van der Waals surface area contributed by atoms with E-state index in [0.717, 1.165) is 0 Å². The van der Waals surface area contributed by atoms with Crippen molar-refractivity contribution in [2.45, 2.75) is 44.3 Å². The zero-order valence-electron chi connectivity index (χ0n) is 15.5. The summed E-state index contributed by atoms with van der Waals surface area (Å²) in [5, 5.41) is 5.69.